The van der Waals surface area contributed by atoms with Crippen LogP contribution in [0.25, 0.3) is 0 Å². The van der Waals surface area contributed by atoms with Gasteiger partial charge in [-0.1, -0.05) is 0 Å². The Bertz CT molecular complexity index is 47.6. The maximum atomic E-state index is 2.38. The van der Waals surface area contributed by atoms with Gasteiger partial charge in [-0.2, -0.15) is 0 Å². The Morgan fingerprint density at radius 1 is 1.80 bits per heavy atom. The van der Waals surface area contributed by atoms with E-state index in [1.54, 1.807) is 0 Å². The number of halogens is 1. The van der Waals surface area contributed by atoms with Crippen LogP contribution in [0.4, 0.5) is 0 Å². The summed E-state index contributed by atoms with van der Waals surface area (Å²) >= 11 is 2.38. The second-order valence-corrected chi connectivity index (χ2v) is 6.31. The molecule has 0 amide bonds. The molecular formula is C2H6BIS. The van der Waals surface area contributed by atoms with Gasteiger partial charge in [0.25, 0.3) is 0 Å². The van der Waals surface area contributed by atoms with Gasteiger partial charge in [-0.05, 0) is 0 Å². The van der Waals surface area contributed by atoms with Gasteiger partial charge in [0.15, 0.2) is 0 Å². The molecule has 0 bridgehead atoms. The molecule has 30 valence electrons. The molecular weight excluding hydrogens is 194 g/mol. The molecule has 0 fully saturated rings. The summed E-state index contributed by atoms with van der Waals surface area (Å²) < 4.78 is 0. The van der Waals surface area contributed by atoms with Crippen molar-refractivity contribution in [3.05, 3.63) is 0 Å². The van der Waals surface area contributed by atoms with Crippen molar-refractivity contribution in [2.24, 2.45) is 0 Å². The van der Waals surface area contributed by atoms with E-state index < -0.39 is 0 Å². The molecule has 0 aromatic rings. The molecule has 1 unspecified atom stereocenters. The van der Waals surface area contributed by atoms with Gasteiger partial charge < -0.3 is 0 Å². The average Bonchev–Trinajstić information content (AvgIpc) is 1.38. The SMILES string of the molecule is CB=S(C)I. The van der Waals surface area contributed by atoms with E-state index in [0.29, 0.717) is 7.49 Å². The van der Waals surface area contributed by atoms with E-state index in [1.165, 1.54) is 0 Å². The van der Waals surface area contributed by atoms with Crippen LogP contribution in [-0.4, -0.2) is 12.4 Å². The van der Waals surface area contributed by atoms with Gasteiger partial charge in [0.2, 0.25) is 0 Å². The summed E-state index contributed by atoms with van der Waals surface area (Å²) in [6.45, 7) is 2.08. The third-order valence-corrected chi connectivity index (χ3v) is 2.50. The normalized spacial score (nSPS) is 14.2. The van der Waals surface area contributed by atoms with Crippen LogP contribution in [0.15, 0.2) is 0 Å². The molecule has 0 heterocycles. The van der Waals surface area contributed by atoms with E-state index in [9.17, 15) is 0 Å². The van der Waals surface area contributed by atoms with Crippen molar-refractivity contribution < 1.29 is 0 Å². The predicted molar refractivity (Wildman–Crippen MR) is 39.2 cm³/mol. The summed E-state index contributed by atoms with van der Waals surface area (Å²) in [6, 6.07) is 0. The van der Waals surface area contributed by atoms with E-state index in [4.69, 9.17) is 0 Å². The van der Waals surface area contributed by atoms with Crippen molar-refractivity contribution >= 4 is 34.9 Å². The molecule has 3 heteroatoms. The summed E-state index contributed by atoms with van der Waals surface area (Å²) in [6.07, 6.45) is 4.36. The van der Waals surface area contributed by atoms with Crippen LogP contribution in [0.2, 0.25) is 6.82 Å². The molecule has 0 radical (unpaired) electrons. The third kappa shape index (κ3) is 5.14. The predicted octanol–water partition coefficient (Wildman–Crippen LogP) is 1.90. The molecule has 0 spiro atoms. The number of hydrogen-bond donors (Lipinski definition) is 0. The summed E-state index contributed by atoms with van der Waals surface area (Å²) in [4.78, 5) is 0. The van der Waals surface area contributed by atoms with Gasteiger partial charge in [-0.3, -0.25) is 0 Å². The molecule has 0 rings (SSSR count). The van der Waals surface area contributed by atoms with Gasteiger partial charge in [0.05, 0.1) is 0 Å². The average molecular weight is 200 g/mol. The molecule has 0 N–H and O–H groups in total. The molecule has 0 aromatic heterocycles. The van der Waals surface area contributed by atoms with Crippen LogP contribution >= 0.6 is 28.7 Å². The molecule has 0 saturated carbocycles. The van der Waals surface area contributed by atoms with Crippen molar-refractivity contribution in [3.8, 4) is 0 Å². The van der Waals surface area contributed by atoms with E-state index >= 15 is 0 Å². The second kappa shape index (κ2) is 3.34. The minimum atomic E-state index is 0.522. The molecule has 0 aliphatic rings. The zero-order valence-corrected chi connectivity index (χ0v) is 6.34. The molecule has 0 nitrogen and oxygen atoms in total. The first-order valence-electron chi connectivity index (χ1n) is 1.38. The van der Waals surface area contributed by atoms with Gasteiger partial charge in [-0.25, -0.2) is 0 Å². The zero-order valence-electron chi connectivity index (χ0n) is 3.36. The van der Waals surface area contributed by atoms with Crippen molar-refractivity contribution in [2.75, 3.05) is 6.26 Å². The van der Waals surface area contributed by atoms with Gasteiger partial charge in [0, 0.05) is 0 Å². The van der Waals surface area contributed by atoms with Gasteiger partial charge >= 0.3 is 47.9 Å². The fourth-order valence-electron chi connectivity index (χ4n) is 0. The quantitative estimate of drug-likeness (QED) is 0.413. The fraction of sp³-hybridized carbons (Fsp3) is 1.00. The molecule has 0 aliphatic heterocycles. The number of hydrogen-bond acceptors (Lipinski definition) is 0. The van der Waals surface area contributed by atoms with Crippen LogP contribution in [-0.2, 0) is 0 Å². The third-order valence-electron chi connectivity index (χ3n) is 0.325. The molecule has 5 heavy (non-hydrogen) atoms. The molecule has 0 aliphatic carbocycles. The van der Waals surface area contributed by atoms with Gasteiger partial charge in [0.1, 0.15) is 0 Å². The minimum absolute atomic E-state index is 0.522. The van der Waals surface area contributed by atoms with Crippen molar-refractivity contribution in [3.63, 3.8) is 0 Å². The van der Waals surface area contributed by atoms with Crippen LogP contribution in [0.1, 0.15) is 0 Å². The zero-order chi connectivity index (χ0) is 4.28. The Balaban J connectivity index is 3.14. The van der Waals surface area contributed by atoms with E-state index in [-0.39, 0.29) is 0 Å². The maximum absolute atomic E-state index is 2.38. The first kappa shape index (κ1) is 6.14. The first-order valence-corrected chi connectivity index (χ1v) is 5.61. The Labute approximate surface area is 48.0 Å². The Kier molecular flexibility index (Phi) is 4.10. The van der Waals surface area contributed by atoms with E-state index in [2.05, 4.69) is 40.4 Å². The summed E-state index contributed by atoms with van der Waals surface area (Å²) in [5.74, 6) is 0. The monoisotopic (exact) mass is 200 g/mol. The molecule has 1 atom stereocenters. The fourth-order valence-corrected chi connectivity index (χ4v) is 0. The number of rotatable bonds is 0. The summed E-state index contributed by atoms with van der Waals surface area (Å²) in [5.41, 5.74) is 0. The Hall–Kier alpha value is 1.14. The van der Waals surface area contributed by atoms with Gasteiger partial charge in [-0.15, -0.1) is 0 Å². The second-order valence-electron chi connectivity index (χ2n) is 0.715. The standard InChI is InChI=1S/C2H6BIS/c1-3-5(2)4/h1-2H3. The van der Waals surface area contributed by atoms with Crippen LogP contribution in [0, 0.1) is 0 Å². The van der Waals surface area contributed by atoms with Crippen molar-refractivity contribution in [1.29, 1.82) is 0 Å². The topological polar surface area (TPSA) is 0 Å². The summed E-state index contributed by atoms with van der Waals surface area (Å²) in [5, 5.41) is 0. The van der Waals surface area contributed by atoms with Crippen molar-refractivity contribution in [2.45, 2.75) is 6.82 Å². The van der Waals surface area contributed by atoms with E-state index in [0.717, 1.165) is 0 Å². The Morgan fingerprint density at radius 2 is 2.00 bits per heavy atom. The summed E-state index contributed by atoms with van der Waals surface area (Å²) in [7, 11) is 0.522. The van der Waals surface area contributed by atoms with Crippen molar-refractivity contribution in [1.82, 2.24) is 0 Å². The van der Waals surface area contributed by atoms with Crippen LogP contribution < -0.4 is 0 Å². The van der Waals surface area contributed by atoms with Crippen LogP contribution in [0.5, 0.6) is 0 Å². The van der Waals surface area contributed by atoms with Crippen LogP contribution in [0.3, 0.4) is 0 Å². The van der Waals surface area contributed by atoms with E-state index in [1.807, 2.05) is 0 Å². The Morgan fingerprint density at radius 3 is 2.00 bits per heavy atom. The molecule has 0 aromatic carbocycles. The molecule has 0 saturated heterocycles. The first-order chi connectivity index (χ1) is 2.27.